The monoisotopic (exact) mass is 312 g/mol. The molecule has 0 bridgehead atoms. The average Bonchev–Trinajstić information content (AvgIpc) is 2.98. The van der Waals surface area contributed by atoms with Gasteiger partial charge in [-0.05, 0) is 31.0 Å². The van der Waals surface area contributed by atoms with Crippen LogP contribution >= 0.6 is 0 Å². The van der Waals surface area contributed by atoms with Crippen LogP contribution in [0.1, 0.15) is 36.0 Å². The minimum Gasteiger partial charge on any atom is -0.496 e. The molecular weight excluding hydrogens is 292 g/mol. The standard InChI is InChI=1S/C14H20N2O4S/c1-16(10-5-3-4-6-10)14(17)12-9-11(21(15,18)19)7-8-13(12)20-2/h7-10H,3-6H2,1-2H3,(H2,15,18,19). The zero-order chi connectivity index (χ0) is 15.6. The summed E-state index contributed by atoms with van der Waals surface area (Å²) in [5.74, 6) is 0.0986. The molecule has 6 nitrogen and oxygen atoms in total. The zero-order valence-electron chi connectivity index (χ0n) is 12.2. The molecule has 2 rings (SSSR count). The van der Waals surface area contributed by atoms with Crippen molar-refractivity contribution in [1.82, 2.24) is 4.90 Å². The largest absolute Gasteiger partial charge is 0.496 e. The van der Waals surface area contributed by atoms with Crippen molar-refractivity contribution in [3.8, 4) is 5.75 Å². The molecule has 0 radical (unpaired) electrons. The number of benzene rings is 1. The molecule has 0 heterocycles. The molecule has 1 saturated carbocycles. The maximum Gasteiger partial charge on any atom is 0.257 e. The number of hydrogen-bond acceptors (Lipinski definition) is 4. The lowest BCUT2D eigenvalue weighted by atomic mass is 10.1. The van der Waals surface area contributed by atoms with Gasteiger partial charge < -0.3 is 9.64 Å². The summed E-state index contributed by atoms with van der Waals surface area (Å²) in [6.45, 7) is 0. The number of carbonyl (C=O) groups is 1. The molecule has 1 aromatic carbocycles. The highest BCUT2D eigenvalue weighted by Gasteiger charge is 2.27. The third-order valence-corrected chi connectivity index (χ3v) is 4.83. The minimum absolute atomic E-state index is 0.0912. The fourth-order valence-corrected chi connectivity index (χ4v) is 3.22. The predicted octanol–water partition coefficient (Wildman–Crippen LogP) is 1.36. The quantitative estimate of drug-likeness (QED) is 0.909. The third-order valence-electron chi connectivity index (χ3n) is 3.92. The second-order valence-corrected chi connectivity index (χ2v) is 6.82. The van der Waals surface area contributed by atoms with E-state index in [1.165, 1.54) is 25.3 Å². The van der Waals surface area contributed by atoms with Gasteiger partial charge in [0.05, 0.1) is 17.6 Å². The van der Waals surface area contributed by atoms with Gasteiger partial charge in [-0.25, -0.2) is 13.6 Å². The number of ether oxygens (including phenoxy) is 1. The number of methoxy groups -OCH3 is 1. The van der Waals surface area contributed by atoms with E-state index in [2.05, 4.69) is 0 Å². The van der Waals surface area contributed by atoms with E-state index >= 15 is 0 Å². The smallest absolute Gasteiger partial charge is 0.257 e. The lowest BCUT2D eigenvalue weighted by Gasteiger charge is -2.25. The van der Waals surface area contributed by atoms with Gasteiger partial charge in [-0.1, -0.05) is 12.8 Å². The van der Waals surface area contributed by atoms with Gasteiger partial charge in [0.1, 0.15) is 5.75 Å². The van der Waals surface area contributed by atoms with E-state index in [0.29, 0.717) is 5.75 Å². The molecule has 7 heteroatoms. The first-order valence-electron chi connectivity index (χ1n) is 6.82. The molecular formula is C14H20N2O4S. The van der Waals surface area contributed by atoms with Crippen LogP contribution in [0.4, 0.5) is 0 Å². The Kier molecular flexibility index (Phi) is 4.53. The van der Waals surface area contributed by atoms with Crippen molar-refractivity contribution in [2.45, 2.75) is 36.6 Å². The van der Waals surface area contributed by atoms with Crippen LogP contribution in [0.15, 0.2) is 23.1 Å². The van der Waals surface area contributed by atoms with Crippen molar-refractivity contribution in [3.05, 3.63) is 23.8 Å². The molecule has 116 valence electrons. The van der Waals surface area contributed by atoms with E-state index in [-0.39, 0.29) is 22.4 Å². The van der Waals surface area contributed by atoms with E-state index in [4.69, 9.17) is 9.88 Å². The van der Waals surface area contributed by atoms with Crippen LogP contribution < -0.4 is 9.88 Å². The first-order valence-corrected chi connectivity index (χ1v) is 8.37. The van der Waals surface area contributed by atoms with E-state index in [1.807, 2.05) is 0 Å². The van der Waals surface area contributed by atoms with Crippen LogP contribution in [-0.4, -0.2) is 39.4 Å². The van der Waals surface area contributed by atoms with Gasteiger partial charge in [0.15, 0.2) is 0 Å². The van der Waals surface area contributed by atoms with E-state index < -0.39 is 10.0 Å². The number of nitrogens with two attached hydrogens (primary N) is 1. The van der Waals surface area contributed by atoms with E-state index in [0.717, 1.165) is 25.7 Å². The lowest BCUT2D eigenvalue weighted by molar-refractivity contribution is 0.0731. The first kappa shape index (κ1) is 15.8. The van der Waals surface area contributed by atoms with Crippen molar-refractivity contribution in [1.29, 1.82) is 0 Å². The van der Waals surface area contributed by atoms with Crippen LogP contribution in [0.25, 0.3) is 0 Å². The van der Waals surface area contributed by atoms with Gasteiger partial charge in [-0.3, -0.25) is 4.79 Å². The van der Waals surface area contributed by atoms with Crippen LogP contribution in [0.3, 0.4) is 0 Å². The van der Waals surface area contributed by atoms with Crippen molar-refractivity contribution in [2.24, 2.45) is 5.14 Å². The summed E-state index contributed by atoms with van der Waals surface area (Å²) in [6, 6.07) is 4.26. The lowest BCUT2D eigenvalue weighted by Crippen LogP contribution is -2.35. The summed E-state index contributed by atoms with van der Waals surface area (Å²) in [5, 5.41) is 5.12. The Morgan fingerprint density at radius 1 is 1.33 bits per heavy atom. The second-order valence-electron chi connectivity index (χ2n) is 5.26. The third kappa shape index (κ3) is 3.36. The molecule has 21 heavy (non-hydrogen) atoms. The van der Waals surface area contributed by atoms with Crippen molar-refractivity contribution < 1.29 is 17.9 Å². The Balaban J connectivity index is 2.38. The molecule has 1 amide bonds. The number of rotatable bonds is 4. The fourth-order valence-electron chi connectivity index (χ4n) is 2.68. The Bertz CT molecular complexity index is 636. The van der Waals surface area contributed by atoms with Gasteiger partial charge in [-0.15, -0.1) is 0 Å². The molecule has 0 aromatic heterocycles. The summed E-state index contributed by atoms with van der Waals surface area (Å²) in [6.07, 6.45) is 4.16. The Morgan fingerprint density at radius 2 is 1.95 bits per heavy atom. The summed E-state index contributed by atoms with van der Waals surface area (Å²) in [7, 11) is -0.675. The summed E-state index contributed by atoms with van der Waals surface area (Å²) < 4.78 is 28.1. The zero-order valence-corrected chi connectivity index (χ0v) is 13.0. The predicted molar refractivity (Wildman–Crippen MR) is 78.7 cm³/mol. The molecule has 1 fully saturated rings. The van der Waals surface area contributed by atoms with E-state index in [1.54, 1.807) is 11.9 Å². The van der Waals surface area contributed by atoms with Gasteiger partial charge in [-0.2, -0.15) is 0 Å². The highest BCUT2D eigenvalue weighted by Crippen LogP contribution is 2.27. The van der Waals surface area contributed by atoms with Gasteiger partial charge in [0.25, 0.3) is 5.91 Å². The summed E-state index contributed by atoms with van der Waals surface area (Å²) in [5.41, 5.74) is 0.221. The van der Waals surface area contributed by atoms with Gasteiger partial charge in [0.2, 0.25) is 10.0 Å². The topological polar surface area (TPSA) is 89.7 Å². The van der Waals surface area contributed by atoms with Crippen LogP contribution in [0, 0.1) is 0 Å². The SMILES string of the molecule is COc1ccc(S(N)(=O)=O)cc1C(=O)N(C)C1CCCC1. The Labute approximate surface area is 124 Å². The molecule has 1 aliphatic rings. The maximum atomic E-state index is 12.6. The van der Waals surface area contributed by atoms with Crippen LogP contribution in [0.2, 0.25) is 0 Å². The van der Waals surface area contributed by atoms with Crippen molar-refractivity contribution >= 4 is 15.9 Å². The number of sulfonamides is 1. The Hall–Kier alpha value is -1.60. The number of nitrogens with zero attached hydrogens (tertiary/aromatic N) is 1. The second kappa shape index (κ2) is 6.03. The molecule has 0 aliphatic heterocycles. The highest BCUT2D eigenvalue weighted by molar-refractivity contribution is 7.89. The molecule has 0 unspecified atom stereocenters. The molecule has 2 N–H and O–H groups in total. The van der Waals surface area contributed by atoms with Crippen molar-refractivity contribution in [3.63, 3.8) is 0 Å². The van der Waals surface area contributed by atoms with Gasteiger partial charge >= 0.3 is 0 Å². The number of carbonyl (C=O) groups excluding carboxylic acids is 1. The number of primary sulfonamides is 1. The van der Waals surface area contributed by atoms with Crippen LogP contribution in [0.5, 0.6) is 5.75 Å². The van der Waals surface area contributed by atoms with E-state index in [9.17, 15) is 13.2 Å². The molecule has 1 aromatic rings. The van der Waals surface area contributed by atoms with Gasteiger partial charge in [0, 0.05) is 13.1 Å². The summed E-state index contributed by atoms with van der Waals surface area (Å²) >= 11 is 0. The average molecular weight is 312 g/mol. The molecule has 0 atom stereocenters. The Morgan fingerprint density at radius 3 is 2.48 bits per heavy atom. The van der Waals surface area contributed by atoms with Crippen molar-refractivity contribution in [2.75, 3.05) is 14.2 Å². The molecule has 1 aliphatic carbocycles. The fraction of sp³-hybridized carbons (Fsp3) is 0.500. The minimum atomic E-state index is -3.85. The first-order chi connectivity index (χ1) is 9.84. The van der Waals surface area contributed by atoms with Crippen LogP contribution in [-0.2, 0) is 10.0 Å². The number of amides is 1. The highest BCUT2D eigenvalue weighted by atomic mass is 32.2. The maximum absolute atomic E-state index is 12.6. The molecule has 0 saturated heterocycles. The normalized spacial score (nSPS) is 16.0. The summed E-state index contributed by atoms with van der Waals surface area (Å²) in [4.78, 5) is 14.2. The number of hydrogen-bond donors (Lipinski definition) is 1. The molecule has 0 spiro atoms.